The first kappa shape index (κ1) is 36.9. The molecule has 0 amide bonds. The Labute approximate surface area is 246 Å². The third-order valence-electron chi connectivity index (χ3n) is 2.94. The zero-order valence-corrected chi connectivity index (χ0v) is 27.9. The number of rotatable bonds is 4. The van der Waals surface area contributed by atoms with Crippen LogP contribution in [0.5, 0.6) is 0 Å². The Hall–Kier alpha value is 0.390. The Morgan fingerprint density at radius 3 is 1.28 bits per heavy atom. The Balaban J connectivity index is -0.000000167. The van der Waals surface area contributed by atoms with Crippen LogP contribution in [-0.2, 0) is 12.8 Å². The van der Waals surface area contributed by atoms with Crippen LogP contribution in [-0.4, -0.2) is 36.5 Å². The second-order valence-corrected chi connectivity index (χ2v) is 21.8. The van der Waals surface area contributed by atoms with Gasteiger partial charge in [-0.1, -0.05) is 33.6 Å². The van der Waals surface area contributed by atoms with Gasteiger partial charge >= 0.3 is 80.0 Å². The molecular weight excluding hydrogens is 756 g/mol. The predicted octanol–water partition coefficient (Wildman–Crippen LogP) is -0.965. The van der Waals surface area contributed by atoms with Crippen molar-refractivity contribution in [3.8, 4) is 0 Å². The smallest absolute Gasteiger partial charge is 0 e. The number of nitrogens with zero attached hydrogens (tertiary/aromatic N) is 6. The van der Waals surface area contributed by atoms with Gasteiger partial charge < -0.3 is 5.11 Å². The van der Waals surface area contributed by atoms with E-state index in [0.717, 1.165) is 42.8 Å². The van der Waals surface area contributed by atoms with E-state index < -0.39 is 0 Å². The first-order chi connectivity index (χ1) is 15.1. The molecule has 0 aliphatic carbocycles. The minimum atomic E-state index is 0. The standard InChI is InChI=1S/2C7H10N2.C5H6N2.C2H5O.I3.Na.H2/c2*1-2-3-7-6-8-4-5-9-7;1-5-4-6-2-3-7-5;1-2-3;1-3-2;;/h2*4-6H,2-3H2,1H3;2-4H,1H3;2H2,1H3;;;1H/q;;;2*-1;+1;. The van der Waals surface area contributed by atoms with Crippen molar-refractivity contribution in [1.82, 2.24) is 29.9 Å². The fourth-order valence-corrected chi connectivity index (χ4v) is 1.80. The summed E-state index contributed by atoms with van der Waals surface area (Å²) in [6, 6.07) is 0. The van der Waals surface area contributed by atoms with Gasteiger partial charge in [-0.3, -0.25) is 29.9 Å². The maximum Gasteiger partial charge on any atom is 1.00 e. The van der Waals surface area contributed by atoms with Crippen LogP contribution < -0.4 is 47.9 Å². The molecule has 7 nitrogen and oxygen atoms in total. The van der Waals surface area contributed by atoms with Crippen molar-refractivity contribution in [2.45, 2.75) is 53.4 Å². The summed E-state index contributed by atoms with van der Waals surface area (Å²) in [7, 11) is 0. The van der Waals surface area contributed by atoms with Gasteiger partial charge in [-0.25, -0.2) is 0 Å². The van der Waals surface area contributed by atoms with Crippen molar-refractivity contribution in [3.63, 3.8) is 0 Å². The van der Waals surface area contributed by atoms with Crippen molar-refractivity contribution < 1.29 is 49.3 Å². The summed E-state index contributed by atoms with van der Waals surface area (Å²) in [5.74, 6) is 0. The zero-order valence-electron chi connectivity index (χ0n) is 19.5. The van der Waals surface area contributed by atoms with E-state index in [0.29, 0.717) is 13.3 Å². The number of aromatic nitrogens is 6. The van der Waals surface area contributed by atoms with Crippen molar-refractivity contribution in [2.75, 3.05) is 6.61 Å². The van der Waals surface area contributed by atoms with Gasteiger partial charge in [0.15, 0.2) is 0 Å². The van der Waals surface area contributed by atoms with Crippen LogP contribution in [0.1, 0.15) is 52.1 Å². The molecule has 0 N–H and O–H groups in total. The number of aryl methyl sites for hydroxylation is 3. The summed E-state index contributed by atoms with van der Waals surface area (Å²) >= 11 is 5.30. The molecule has 0 aliphatic rings. The van der Waals surface area contributed by atoms with Gasteiger partial charge in [-0.05, 0) is 19.8 Å². The summed E-state index contributed by atoms with van der Waals surface area (Å²) in [6.45, 7) is 7.75. The van der Waals surface area contributed by atoms with Crippen molar-refractivity contribution in [1.29, 1.82) is 0 Å². The van der Waals surface area contributed by atoms with Gasteiger partial charge in [0, 0.05) is 57.2 Å². The Bertz CT molecular complexity index is 667. The quantitative estimate of drug-likeness (QED) is 0.248. The molecule has 176 valence electrons. The third kappa shape index (κ3) is 28.4. The molecule has 0 fully saturated rings. The molecule has 0 radical (unpaired) electrons. The van der Waals surface area contributed by atoms with E-state index in [9.17, 15) is 0 Å². The molecule has 3 rings (SSSR count). The van der Waals surface area contributed by atoms with E-state index in [4.69, 9.17) is 5.11 Å². The summed E-state index contributed by atoms with van der Waals surface area (Å²) in [5, 5.41) is 8.93. The van der Waals surface area contributed by atoms with Crippen LogP contribution in [0.4, 0.5) is 0 Å². The second-order valence-electron chi connectivity index (χ2n) is 5.58. The summed E-state index contributed by atoms with van der Waals surface area (Å²) in [6.07, 6.45) is 19.9. The number of halogens is 3. The van der Waals surface area contributed by atoms with Gasteiger partial charge in [0.05, 0.1) is 17.1 Å². The van der Waals surface area contributed by atoms with Crippen LogP contribution >= 0.6 is 37.2 Å². The summed E-state index contributed by atoms with van der Waals surface area (Å²) in [4.78, 5) is 23.8. The minimum Gasteiger partial charge on any atom is 0 e. The molecule has 0 saturated carbocycles. The second kappa shape index (κ2) is 31.4. The predicted molar refractivity (Wildman–Crippen MR) is 140 cm³/mol. The molecule has 0 bridgehead atoms. The van der Waals surface area contributed by atoms with E-state index >= 15 is 0 Å². The van der Waals surface area contributed by atoms with Crippen LogP contribution in [0.15, 0.2) is 55.8 Å². The monoisotopic (exact) mass is 789 g/mol. The van der Waals surface area contributed by atoms with Gasteiger partial charge in [-0.2, -0.15) is 0 Å². The number of hydrogen-bond acceptors (Lipinski definition) is 7. The molecule has 0 aliphatic heterocycles. The van der Waals surface area contributed by atoms with E-state index in [-0.39, 0.29) is 37.6 Å². The van der Waals surface area contributed by atoms with Crippen LogP contribution in [0.2, 0.25) is 0 Å². The molecule has 0 atom stereocenters. The molecule has 3 aromatic heterocycles. The first-order valence-electron chi connectivity index (χ1n) is 9.76. The van der Waals surface area contributed by atoms with Crippen LogP contribution in [0.25, 0.3) is 0 Å². The van der Waals surface area contributed by atoms with Gasteiger partial charge in [0.1, 0.15) is 0 Å². The van der Waals surface area contributed by atoms with Gasteiger partial charge in [0.2, 0.25) is 0 Å². The fourth-order valence-electron chi connectivity index (χ4n) is 1.80. The Kier molecular flexibility index (Phi) is 36.2. The van der Waals surface area contributed by atoms with Crippen molar-refractivity contribution in [3.05, 3.63) is 72.9 Å². The van der Waals surface area contributed by atoms with E-state index in [1.807, 2.05) is 19.3 Å². The Morgan fingerprint density at radius 2 is 1.09 bits per heavy atom. The van der Waals surface area contributed by atoms with E-state index in [1.54, 1.807) is 50.3 Å². The average molecular weight is 789 g/mol. The van der Waals surface area contributed by atoms with Gasteiger partial charge in [0.25, 0.3) is 0 Å². The summed E-state index contributed by atoms with van der Waals surface area (Å²) < 4.78 is 0. The van der Waals surface area contributed by atoms with E-state index in [1.165, 1.54) is 0 Å². The molecule has 3 aromatic rings. The molecular formula is C21H33I3N6NaO-. The first-order valence-corrected chi connectivity index (χ1v) is 22.3. The van der Waals surface area contributed by atoms with Crippen LogP contribution in [0.3, 0.4) is 0 Å². The van der Waals surface area contributed by atoms with E-state index in [2.05, 4.69) is 81.0 Å². The summed E-state index contributed by atoms with van der Waals surface area (Å²) in [5.41, 5.74) is 3.13. The normalized spacial score (nSPS) is 8.47. The average Bonchev–Trinajstić information content (AvgIpc) is 2.78. The minimum absolute atomic E-state index is 0. The Morgan fingerprint density at radius 1 is 0.750 bits per heavy atom. The molecule has 3 heterocycles. The fraction of sp³-hybridized carbons (Fsp3) is 0.429. The molecule has 11 heteroatoms. The van der Waals surface area contributed by atoms with Crippen LogP contribution in [0, 0.1) is 6.92 Å². The zero-order chi connectivity index (χ0) is 23.6. The number of hydrogen-bond donors (Lipinski definition) is 0. The maximum atomic E-state index is 8.93. The molecule has 0 spiro atoms. The molecule has 32 heavy (non-hydrogen) atoms. The SMILES string of the molecule is CCCc1cnccn1.CCCc1cnccn1.CC[O-].Cc1cnccn1.I[I-]I.[HH].[Na+]. The van der Waals surface area contributed by atoms with Gasteiger partial charge in [-0.15, -0.1) is 6.61 Å². The third-order valence-corrected chi connectivity index (χ3v) is 2.94. The van der Waals surface area contributed by atoms with Crippen molar-refractivity contribution >= 4 is 37.2 Å². The molecule has 0 aromatic carbocycles. The largest absolute Gasteiger partial charge is 1.00 e. The van der Waals surface area contributed by atoms with Crippen molar-refractivity contribution in [2.24, 2.45) is 0 Å². The maximum absolute atomic E-state index is 8.93. The topological polar surface area (TPSA) is 100 Å². The molecule has 0 saturated heterocycles. The molecule has 0 unspecified atom stereocenters.